The van der Waals surface area contributed by atoms with Crippen LogP contribution in [0.4, 0.5) is 0 Å². The second kappa shape index (κ2) is 4.33. The summed E-state index contributed by atoms with van der Waals surface area (Å²) in [4.78, 5) is 0. The maximum absolute atomic E-state index is 5.85. The van der Waals surface area contributed by atoms with Crippen LogP contribution >= 0.6 is 0 Å². The molecule has 15 heavy (non-hydrogen) atoms. The lowest BCUT2D eigenvalue weighted by molar-refractivity contribution is -0.000613. The number of ether oxygens (including phenoxy) is 1. The summed E-state index contributed by atoms with van der Waals surface area (Å²) in [7, 11) is 0. The van der Waals surface area contributed by atoms with Crippen LogP contribution < -0.4 is 5.32 Å². The molecule has 2 atom stereocenters. The van der Waals surface area contributed by atoms with Crippen molar-refractivity contribution in [3.63, 3.8) is 0 Å². The van der Waals surface area contributed by atoms with Crippen molar-refractivity contribution in [1.29, 1.82) is 0 Å². The number of hydrogen-bond acceptors (Lipinski definition) is 2. The smallest absolute Gasteiger partial charge is 0.0978 e. The molecule has 1 aromatic rings. The zero-order valence-corrected chi connectivity index (χ0v) is 9.71. The molecule has 82 valence electrons. The average Bonchev–Trinajstić information content (AvgIpc) is 2.23. The molecular formula is C13H19NO. The Balaban J connectivity index is 2.30. The van der Waals surface area contributed by atoms with Crippen LogP contribution in [0.3, 0.4) is 0 Å². The van der Waals surface area contributed by atoms with Gasteiger partial charge in [0.25, 0.3) is 0 Å². The van der Waals surface area contributed by atoms with Crippen molar-refractivity contribution in [2.24, 2.45) is 0 Å². The summed E-state index contributed by atoms with van der Waals surface area (Å²) in [5.74, 6) is 0. The van der Waals surface area contributed by atoms with Crippen molar-refractivity contribution in [2.45, 2.75) is 32.9 Å². The van der Waals surface area contributed by atoms with E-state index in [1.165, 1.54) is 16.7 Å². The van der Waals surface area contributed by atoms with Gasteiger partial charge in [0, 0.05) is 12.6 Å². The Morgan fingerprint density at radius 3 is 2.87 bits per heavy atom. The summed E-state index contributed by atoms with van der Waals surface area (Å²) in [6.07, 6.45) is 0.207. The van der Waals surface area contributed by atoms with Gasteiger partial charge in [-0.3, -0.25) is 0 Å². The van der Waals surface area contributed by atoms with Crippen molar-refractivity contribution < 1.29 is 4.74 Å². The van der Waals surface area contributed by atoms with Gasteiger partial charge < -0.3 is 10.1 Å². The van der Waals surface area contributed by atoms with Gasteiger partial charge in [0.1, 0.15) is 0 Å². The average molecular weight is 205 g/mol. The topological polar surface area (TPSA) is 21.3 Å². The minimum atomic E-state index is 0.207. The van der Waals surface area contributed by atoms with Crippen LogP contribution in [0.25, 0.3) is 0 Å². The lowest BCUT2D eigenvalue weighted by Crippen LogP contribution is -2.41. The SMILES string of the molecule is Cc1ccc(C)c(C2OCCNC2C)c1. The van der Waals surface area contributed by atoms with Crippen molar-refractivity contribution in [1.82, 2.24) is 5.32 Å². The minimum absolute atomic E-state index is 0.207. The third-order valence-electron chi connectivity index (χ3n) is 3.06. The van der Waals surface area contributed by atoms with E-state index in [0.29, 0.717) is 6.04 Å². The number of rotatable bonds is 1. The summed E-state index contributed by atoms with van der Waals surface area (Å²) in [5, 5.41) is 3.45. The number of aryl methyl sites for hydroxylation is 2. The summed E-state index contributed by atoms with van der Waals surface area (Å²) in [5.41, 5.74) is 3.95. The maximum Gasteiger partial charge on any atom is 0.0978 e. The van der Waals surface area contributed by atoms with Gasteiger partial charge >= 0.3 is 0 Å². The first-order valence-electron chi connectivity index (χ1n) is 5.60. The van der Waals surface area contributed by atoms with Crippen LogP contribution in [0.2, 0.25) is 0 Å². The van der Waals surface area contributed by atoms with E-state index in [0.717, 1.165) is 13.2 Å². The fraction of sp³-hybridized carbons (Fsp3) is 0.538. The first-order chi connectivity index (χ1) is 7.18. The molecule has 0 spiro atoms. The molecule has 1 fully saturated rings. The fourth-order valence-corrected chi connectivity index (χ4v) is 2.15. The van der Waals surface area contributed by atoms with Crippen molar-refractivity contribution in [2.75, 3.05) is 13.2 Å². The van der Waals surface area contributed by atoms with Crippen molar-refractivity contribution >= 4 is 0 Å². The molecule has 2 unspecified atom stereocenters. The van der Waals surface area contributed by atoms with Crippen LogP contribution in [0.5, 0.6) is 0 Å². The fourth-order valence-electron chi connectivity index (χ4n) is 2.15. The van der Waals surface area contributed by atoms with E-state index in [-0.39, 0.29) is 6.10 Å². The summed E-state index contributed by atoms with van der Waals surface area (Å²) in [6, 6.07) is 6.97. The van der Waals surface area contributed by atoms with E-state index in [4.69, 9.17) is 4.74 Å². The number of nitrogens with one attached hydrogen (secondary N) is 1. The van der Waals surface area contributed by atoms with E-state index < -0.39 is 0 Å². The van der Waals surface area contributed by atoms with Crippen LogP contribution in [0.15, 0.2) is 18.2 Å². The monoisotopic (exact) mass is 205 g/mol. The van der Waals surface area contributed by atoms with Crippen molar-refractivity contribution in [3.05, 3.63) is 34.9 Å². The zero-order chi connectivity index (χ0) is 10.8. The van der Waals surface area contributed by atoms with Crippen LogP contribution in [0, 0.1) is 13.8 Å². The Morgan fingerprint density at radius 1 is 1.33 bits per heavy atom. The Morgan fingerprint density at radius 2 is 2.13 bits per heavy atom. The maximum atomic E-state index is 5.85. The predicted octanol–water partition coefficient (Wildman–Crippen LogP) is 2.35. The molecule has 0 saturated carbocycles. The zero-order valence-electron chi connectivity index (χ0n) is 9.71. The van der Waals surface area contributed by atoms with Gasteiger partial charge in [-0.2, -0.15) is 0 Å². The van der Waals surface area contributed by atoms with Gasteiger partial charge in [-0.1, -0.05) is 23.8 Å². The van der Waals surface area contributed by atoms with Gasteiger partial charge in [0.2, 0.25) is 0 Å². The molecule has 1 aliphatic heterocycles. The third kappa shape index (κ3) is 2.21. The molecule has 1 saturated heterocycles. The highest BCUT2D eigenvalue weighted by Gasteiger charge is 2.24. The largest absolute Gasteiger partial charge is 0.371 e. The highest BCUT2D eigenvalue weighted by Crippen LogP contribution is 2.27. The standard InChI is InChI=1S/C13H19NO/c1-9-4-5-10(2)12(8-9)13-11(3)14-6-7-15-13/h4-5,8,11,13-14H,6-7H2,1-3H3. The van der Waals surface area contributed by atoms with E-state index in [2.05, 4.69) is 44.3 Å². The van der Waals surface area contributed by atoms with E-state index in [1.54, 1.807) is 0 Å². The van der Waals surface area contributed by atoms with Crippen molar-refractivity contribution in [3.8, 4) is 0 Å². The number of morpholine rings is 1. The molecule has 2 rings (SSSR count). The molecule has 1 aliphatic rings. The highest BCUT2D eigenvalue weighted by molar-refractivity contribution is 5.33. The Labute approximate surface area is 91.6 Å². The summed E-state index contributed by atoms with van der Waals surface area (Å²) >= 11 is 0. The van der Waals surface area contributed by atoms with Gasteiger partial charge in [-0.25, -0.2) is 0 Å². The number of benzene rings is 1. The predicted molar refractivity (Wildman–Crippen MR) is 62.1 cm³/mol. The first kappa shape index (κ1) is 10.7. The molecule has 1 heterocycles. The number of hydrogen-bond donors (Lipinski definition) is 1. The van der Waals surface area contributed by atoms with E-state index >= 15 is 0 Å². The molecular weight excluding hydrogens is 186 g/mol. The van der Waals surface area contributed by atoms with Gasteiger partial charge in [-0.05, 0) is 31.9 Å². The Kier molecular flexibility index (Phi) is 3.08. The molecule has 1 aromatic carbocycles. The van der Waals surface area contributed by atoms with Gasteiger partial charge in [0.05, 0.1) is 12.7 Å². The molecule has 0 aromatic heterocycles. The molecule has 0 amide bonds. The van der Waals surface area contributed by atoms with Crippen LogP contribution in [0.1, 0.15) is 29.7 Å². The second-order valence-corrected chi connectivity index (χ2v) is 4.39. The Bertz CT molecular complexity index is 348. The first-order valence-corrected chi connectivity index (χ1v) is 5.60. The molecule has 1 N–H and O–H groups in total. The normalized spacial score (nSPS) is 26.6. The Hall–Kier alpha value is -0.860. The summed E-state index contributed by atoms with van der Waals surface area (Å²) in [6.45, 7) is 8.24. The van der Waals surface area contributed by atoms with E-state index in [1.807, 2.05) is 0 Å². The molecule has 0 radical (unpaired) electrons. The quantitative estimate of drug-likeness (QED) is 0.760. The van der Waals surface area contributed by atoms with Gasteiger partial charge in [0.15, 0.2) is 0 Å². The van der Waals surface area contributed by atoms with Gasteiger partial charge in [-0.15, -0.1) is 0 Å². The second-order valence-electron chi connectivity index (χ2n) is 4.39. The lowest BCUT2D eigenvalue weighted by atomic mass is 9.96. The molecule has 0 bridgehead atoms. The molecule has 0 aliphatic carbocycles. The lowest BCUT2D eigenvalue weighted by Gasteiger charge is -2.31. The third-order valence-corrected chi connectivity index (χ3v) is 3.06. The van der Waals surface area contributed by atoms with Crippen LogP contribution in [-0.4, -0.2) is 19.2 Å². The van der Waals surface area contributed by atoms with E-state index in [9.17, 15) is 0 Å². The van der Waals surface area contributed by atoms with Crippen LogP contribution in [-0.2, 0) is 4.74 Å². The minimum Gasteiger partial charge on any atom is -0.371 e. The summed E-state index contributed by atoms with van der Waals surface area (Å²) < 4.78 is 5.85. The highest BCUT2D eigenvalue weighted by atomic mass is 16.5. The molecule has 2 nitrogen and oxygen atoms in total. The molecule has 2 heteroatoms.